The summed E-state index contributed by atoms with van der Waals surface area (Å²) >= 11 is 0. The standard InChI is InChI=1S/C12H21N3O2/c1-17-11-7-14-12(16)13-6-2-3-8-15-9-4-5-10-15/h4-11H2,1H3,(H2,13,14,16). The molecule has 0 radical (unpaired) electrons. The minimum absolute atomic E-state index is 0.197. The molecule has 0 aromatic heterocycles. The lowest BCUT2D eigenvalue weighted by atomic mass is 10.4. The Bertz CT molecular complexity index is 277. The van der Waals surface area contributed by atoms with E-state index in [0.29, 0.717) is 19.7 Å². The topological polar surface area (TPSA) is 53.6 Å². The smallest absolute Gasteiger partial charge is 0.315 e. The molecule has 0 saturated carbocycles. The quantitative estimate of drug-likeness (QED) is 0.526. The van der Waals surface area contributed by atoms with Crippen LogP contribution in [0, 0.1) is 11.8 Å². The summed E-state index contributed by atoms with van der Waals surface area (Å²) in [4.78, 5) is 13.5. The van der Waals surface area contributed by atoms with E-state index in [4.69, 9.17) is 4.74 Å². The Balaban J connectivity index is 1.98. The van der Waals surface area contributed by atoms with E-state index in [1.54, 1.807) is 7.11 Å². The SMILES string of the molecule is COCCNC(=O)NCC#CCN1CCCC1. The van der Waals surface area contributed by atoms with Crippen LogP contribution in [0.1, 0.15) is 12.8 Å². The van der Waals surface area contributed by atoms with Gasteiger partial charge in [0, 0.05) is 13.7 Å². The van der Waals surface area contributed by atoms with E-state index in [0.717, 1.165) is 19.6 Å². The number of urea groups is 1. The van der Waals surface area contributed by atoms with Gasteiger partial charge in [0.2, 0.25) is 0 Å². The van der Waals surface area contributed by atoms with Crippen LogP contribution >= 0.6 is 0 Å². The van der Waals surface area contributed by atoms with Crippen LogP contribution in [-0.2, 0) is 4.74 Å². The predicted molar refractivity (Wildman–Crippen MR) is 66.7 cm³/mol. The van der Waals surface area contributed by atoms with Crippen LogP contribution in [0.15, 0.2) is 0 Å². The lowest BCUT2D eigenvalue weighted by Gasteiger charge is -2.08. The fraction of sp³-hybridized carbons (Fsp3) is 0.750. The minimum Gasteiger partial charge on any atom is -0.383 e. The van der Waals surface area contributed by atoms with Gasteiger partial charge in [-0.05, 0) is 25.9 Å². The van der Waals surface area contributed by atoms with Gasteiger partial charge in [-0.25, -0.2) is 4.79 Å². The van der Waals surface area contributed by atoms with Crippen molar-refractivity contribution in [3.05, 3.63) is 0 Å². The zero-order chi connectivity index (χ0) is 12.3. The maximum absolute atomic E-state index is 11.2. The molecule has 96 valence electrons. The minimum atomic E-state index is -0.197. The number of rotatable bonds is 5. The van der Waals surface area contributed by atoms with E-state index in [9.17, 15) is 4.79 Å². The number of amides is 2. The molecule has 2 N–H and O–H groups in total. The molecule has 0 aromatic rings. The van der Waals surface area contributed by atoms with Crippen molar-refractivity contribution in [1.29, 1.82) is 0 Å². The molecule has 1 heterocycles. The molecule has 1 fully saturated rings. The molecule has 1 saturated heterocycles. The number of hydrogen-bond donors (Lipinski definition) is 2. The molecular weight excluding hydrogens is 218 g/mol. The third-order valence-electron chi connectivity index (χ3n) is 2.56. The van der Waals surface area contributed by atoms with Gasteiger partial charge in [0.05, 0.1) is 19.7 Å². The van der Waals surface area contributed by atoms with Crippen molar-refractivity contribution >= 4 is 6.03 Å². The number of likely N-dealkylation sites (tertiary alicyclic amines) is 1. The molecule has 2 amide bonds. The fourth-order valence-corrected chi connectivity index (χ4v) is 1.62. The van der Waals surface area contributed by atoms with Gasteiger partial charge >= 0.3 is 6.03 Å². The number of ether oxygens (including phenoxy) is 1. The van der Waals surface area contributed by atoms with Gasteiger partial charge in [-0.1, -0.05) is 11.8 Å². The van der Waals surface area contributed by atoms with Crippen molar-refractivity contribution in [3.8, 4) is 11.8 Å². The highest BCUT2D eigenvalue weighted by atomic mass is 16.5. The number of carbonyl (C=O) groups excluding carboxylic acids is 1. The number of carbonyl (C=O) groups is 1. The monoisotopic (exact) mass is 239 g/mol. The van der Waals surface area contributed by atoms with Crippen LogP contribution in [0.2, 0.25) is 0 Å². The van der Waals surface area contributed by atoms with Gasteiger partial charge in [-0.15, -0.1) is 0 Å². The van der Waals surface area contributed by atoms with Gasteiger partial charge in [0.1, 0.15) is 0 Å². The fourth-order valence-electron chi connectivity index (χ4n) is 1.62. The van der Waals surface area contributed by atoms with E-state index < -0.39 is 0 Å². The third-order valence-corrected chi connectivity index (χ3v) is 2.56. The zero-order valence-electron chi connectivity index (χ0n) is 10.4. The van der Waals surface area contributed by atoms with Crippen LogP contribution in [0.4, 0.5) is 4.79 Å². The molecular formula is C12H21N3O2. The van der Waals surface area contributed by atoms with Gasteiger partial charge in [-0.2, -0.15) is 0 Å². The van der Waals surface area contributed by atoms with Gasteiger partial charge in [0.25, 0.3) is 0 Å². The highest BCUT2D eigenvalue weighted by Crippen LogP contribution is 2.05. The maximum Gasteiger partial charge on any atom is 0.315 e. The van der Waals surface area contributed by atoms with Crippen molar-refractivity contribution < 1.29 is 9.53 Å². The number of hydrogen-bond acceptors (Lipinski definition) is 3. The van der Waals surface area contributed by atoms with E-state index in [2.05, 4.69) is 27.4 Å². The van der Waals surface area contributed by atoms with Crippen LogP contribution in [0.25, 0.3) is 0 Å². The van der Waals surface area contributed by atoms with Crippen molar-refractivity contribution in [1.82, 2.24) is 15.5 Å². The van der Waals surface area contributed by atoms with Crippen molar-refractivity contribution in [2.24, 2.45) is 0 Å². The van der Waals surface area contributed by atoms with Crippen LogP contribution in [0.3, 0.4) is 0 Å². The Labute approximate surface area is 103 Å². The lowest BCUT2D eigenvalue weighted by Crippen LogP contribution is -2.37. The second kappa shape index (κ2) is 8.85. The van der Waals surface area contributed by atoms with Crippen molar-refractivity contribution in [2.75, 3.05) is 46.4 Å². The normalized spacial score (nSPS) is 15.1. The first-order valence-electron chi connectivity index (χ1n) is 6.01. The van der Waals surface area contributed by atoms with E-state index in [1.807, 2.05) is 0 Å². The molecule has 0 aliphatic carbocycles. The first-order valence-corrected chi connectivity index (χ1v) is 6.01. The van der Waals surface area contributed by atoms with Crippen molar-refractivity contribution in [3.63, 3.8) is 0 Å². The van der Waals surface area contributed by atoms with Gasteiger partial charge in [0.15, 0.2) is 0 Å². The van der Waals surface area contributed by atoms with Crippen LogP contribution < -0.4 is 10.6 Å². The molecule has 17 heavy (non-hydrogen) atoms. The highest BCUT2D eigenvalue weighted by Gasteiger charge is 2.08. The number of methoxy groups -OCH3 is 1. The summed E-state index contributed by atoms with van der Waals surface area (Å²) in [6.45, 7) is 4.55. The largest absolute Gasteiger partial charge is 0.383 e. The van der Waals surface area contributed by atoms with Gasteiger partial charge in [-0.3, -0.25) is 4.90 Å². The summed E-state index contributed by atoms with van der Waals surface area (Å²) in [7, 11) is 1.60. The second-order valence-corrected chi connectivity index (χ2v) is 3.94. The highest BCUT2D eigenvalue weighted by molar-refractivity contribution is 5.74. The second-order valence-electron chi connectivity index (χ2n) is 3.94. The molecule has 0 bridgehead atoms. The molecule has 5 nitrogen and oxygen atoms in total. The Morgan fingerprint density at radius 1 is 1.29 bits per heavy atom. The molecule has 0 unspecified atom stereocenters. The summed E-state index contributed by atoms with van der Waals surface area (Å²) in [6.07, 6.45) is 2.56. The summed E-state index contributed by atoms with van der Waals surface area (Å²) in [5.41, 5.74) is 0. The molecule has 1 aliphatic rings. The summed E-state index contributed by atoms with van der Waals surface area (Å²) in [5.74, 6) is 6.00. The van der Waals surface area contributed by atoms with E-state index in [1.165, 1.54) is 12.8 Å². The number of nitrogens with one attached hydrogen (secondary N) is 2. The first-order chi connectivity index (χ1) is 8.33. The van der Waals surface area contributed by atoms with Crippen molar-refractivity contribution in [2.45, 2.75) is 12.8 Å². The molecule has 1 aliphatic heterocycles. The molecule has 0 aromatic carbocycles. The van der Waals surface area contributed by atoms with Gasteiger partial charge < -0.3 is 15.4 Å². The van der Waals surface area contributed by atoms with Crippen LogP contribution in [-0.4, -0.2) is 57.4 Å². The third kappa shape index (κ3) is 6.82. The Morgan fingerprint density at radius 2 is 2.06 bits per heavy atom. The summed E-state index contributed by atoms with van der Waals surface area (Å²) < 4.78 is 4.82. The molecule has 5 heteroatoms. The van der Waals surface area contributed by atoms with E-state index in [-0.39, 0.29) is 6.03 Å². The van der Waals surface area contributed by atoms with E-state index >= 15 is 0 Å². The maximum atomic E-state index is 11.2. The summed E-state index contributed by atoms with van der Waals surface area (Å²) in [5, 5.41) is 5.33. The predicted octanol–water partition coefficient (Wildman–Crippen LogP) is 0.0312. The molecule has 1 rings (SSSR count). The summed E-state index contributed by atoms with van der Waals surface area (Å²) in [6, 6.07) is -0.197. The Hall–Kier alpha value is -1.25. The Morgan fingerprint density at radius 3 is 2.76 bits per heavy atom. The molecule has 0 spiro atoms. The average Bonchev–Trinajstić information content (AvgIpc) is 2.82. The number of nitrogens with zero attached hydrogens (tertiary/aromatic N) is 1. The van der Waals surface area contributed by atoms with Crippen LogP contribution in [0.5, 0.6) is 0 Å². The zero-order valence-corrected chi connectivity index (χ0v) is 10.4. The molecule has 0 atom stereocenters. The first kappa shape index (κ1) is 13.8. The lowest BCUT2D eigenvalue weighted by molar-refractivity contribution is 0.196. The Kier molecular flexibility index (Phi) is 7.19. The average molecular weight is 239 g/mol.